The lowest BCUT2D eigenvalue weighted by atomic mass is 10.3. The summed E-state index contributed by atoms with van der Waals surface area (Å²) in [5.74, 6) is 0.270. The van der Waals surface area contributed by atoms with Crippen molar-refractivity contribution in [3.63, 3.8) is 0 Å². The van der Waals surface area contributed by atoms with Gasteiger partial charge in [-0.2, -0.15) is 4.98 Å². The minimum atomic E-state index is -4.72. The highest BCUT2D eigenvalue weighted by atomic mass is 19.4. The van der Waals surface area contributed by atoms with Gasteiger partial charge in [-0.05, 0) is 24.3 Å². The lowest BCUT2D eigenvalue weighted by Gasteiger charge is -2.09. The number of anilines is 1. The lowest BCUT2D eigenvalue weighted by Crippen LogP contribution is -2.16. The molecule has 1 heterocycles. The van der Waals surface area contributed by atoms with Crippen LogP contribution < -0.4 is 15.2 Å². The van der Waals surface area contributed by atoms with Gasteiger partial charge in [0.25, 0.3) is 0 Å². The average molecular weight is 271 g/mol. The first-order valence-corrected chi connectivity index (χ1v) is 5.03. The van der Waals surface area contributed by atoms with Crippen LogP contribution in [0.15, 0.2) is 36.7 Å². The van der Waals surface area contributed by atoms with Crippen LogP contribution in [0.3, 0.4) is 0 Å². The van der Waals surface area contributed by atoms with Gasteiger partial charge in [-0.15, -0.1) is 13.2 Å². The third-order valence-electron chi connectivity index (χ3n) is 1.91. The minimum absolute atomic E-state index is 0.143. The summed E-state index contributed by atoms with van der Waals surface area (Å²) in [5.41, 5.74) is 5.41. The van der Waals surface area contributed by atoms with Crippen LogP contribution >= 0.6 is 0 Å². The monoisotopic (exact) mass is 271 g/mol. The zero-order chi connectivity index (χ0) is 13.9. The molecule has 100 valence electrons. The van der Waals surface area contributed by atoms with E-state index in [1.165, 1.54) is 24.5 Å². The van der Waals surface area contributed by atoms with Crippen LogP contribution in [0.1, 0.15) is 0 Å². The predicted molar refractivity (Wildman–Crippen MR) is 59.6 cm³/mol. The Morgan fingerprint density at radius 3 is 2.21 bits per heavy atom. The topological polar surface area (TPSA) is 70.3 Å². The fourth-order valence-electron chi connectivity index (χ4n) is 1.24. The molecule has 8 heteroatoms. The zero-order valence-electron chi connectivity index (χ0n) is 9.39. The molecule has 0 aliphatic carbocycles. The smallest absolute Gasteiger partial charge is 0.437 e. The van der Waals surface area contributed by atoms with Crippen LogP contribution in [0.4, 0.5) is 19.0 Å². The Labute approximate surface area is 105 Å². The molecule has 2 rings (SSSR count). The molecule has 0 amide bonds. The molecule has 1 aromatic carbocycles. The molecule has 0 fully saturated rings. The molecule has 2 N–H and O–H groups in total. The van der Waals surface area contributed by atoms with Crippen LogP contribution in [0.5, 0.6) is 17.4 Å². The van der Waals surface area contributed by atoms with E-state index < -0.39 is 6.36 Å². The molecule has 1 aromatic heterocycles. The standard InChI is InChI=1S/C11H8F3N3O2/c12-11(13,14)19-8-3-1-7(2-4-8)18-10-6-16-5-9(15)17-10/h1-6H,(H2,15,17). The number of alkyl halides is 3. The van der Waals surface area contributed by atoms with E-state index in [0.29, 0.717) is 0 Å². The third-order valence-corrected chi connectivity index (χ3v) is 1.91. The van der Waals surface area contributed by atoms with Gasteiger partial charge in [0.05, 0.1) is 12.4 Å². The fraction of sp³-hybridized carbons (Fsp3) is 0.0909. The maximum atomic E-state index is 11.9. The molecule has 0 radical (unpaired) electrons. The van der Waals surface area contributed by atoms with Gasteiger partial charge in [0.15, 0.2) is 0 Å². The van der Waals surface area contributed by atoms with Crippen molar-refractivity contribution in [1.82, 2.24) is 9.97 Å². The number of nitrogens with zero attached hydrogens (tertiary/aromatic N) is 2. The van der Waals surface area contributed by atoms with E-state index in [4.69, 9.17) is 10.5 Å². The lowest BCUT2D eigenvalue weighted by molar-refractivity contribution is -0.274. The van der Waals surface area contributed by atoms with E-state index in [0.717, 1.165) is 12.1 Å². The number of hydrogen-bond donors (Lipinski definition) is 1. The van der Waals surface area contributed by atoms with E-state index in [1.807, 2.05) is 0 Å². The van der Waals surface area contributed by atoms with Gasteiger partial charge in [0.2, 0.25) is 5.88 Å². The van der Waals surface area contributed by atoms with E-state index in [9.17, 15) is 13.2 Å². The Bertz CT molecular complexity index is 558. The summed E-state index contributed by atoms with van der Waals surface area (Å²) < 4.78 is 44.8. The van der Waals surface area contributed by atoms with Crippen molar-refractivity contribution in [1.29, 1.82) is 0 Å². The highest BCUT2D eigenvalue weighted by Crippen LogP contribution is 2.26. The molecular weight excluding hydrogens is 263 g/mol. The molecule has 5 nitrogen and oxygen atoms in total. The molecule has 19 heavy (non-hydrogen) atoms. The predicted octanol–water partition coefficient (Wildman–Crippen LogP) is 2.75. The molecule has 2 aromatic rings. The second-order valence-corrected chi connectivity index (χ2v) is 3.40. The Morgan fingerprint density at radius 2 is 1.63 bits per heavy atom. The molecular formula is C11H8F3N3O2. The van der Waals surface area contributed by atoms with Gasteiger partial charge in [-0.1, -0.05) is 0 Å². The van der Waals surface area contributed by atoms with Gasteiger partial charge < -0.3 is 15.2 Å². The third kappa shape index (κ3) is 4.02. The van der Waals surface area contributed by atoms with Crippen molar-refractivity contribution in [2.24, 2.45) is 0 Å². The first kappa shape index (κ1) is 12.9. The summed E-state index contributed by atoms with van der Waals surface area (Å²) in [5, 5.41) is 0. The Morgan fingerprint density at radius 1 is 1.00 bits per heavy atom. The summed E-state index contributed by atoms with van der Waals surface area (Å²) in [6.07, 6.45) is -2.05. The number of halogens is 3. The zero-order valence-corrected chi connectivity index (χ0v) is 9.39. The number of hydrogen-bond acceptors (Lipinski definition) is 5. The maximum Gasteiger partial charge on any atom is 0.573 e. The Hall–Kier alpha value is -2.51. The normalized spacial score (nSPS) is 11.1. The molecule has 0 bridgehead atoms. The number of aromatic nitrogens is 2. The van der Waals surface area contributed by atoms with Gasteiger partial charge >= 0.3 is 6.36 Å². The average Bonchev–Trinajstić information content (AvgIpc) is 2.30. The molecule has 0 unspecified atom stereocenters. The van der Waals surface area contributed by atoms with Crippen LogP contribution in [0.25, 0.3) is 0 Å². The van der Waals surface area contributed by atoms with E-state index >= 15 is 0 Å². The minimum Gasteiger partial charge on any atom is -0.437 e. The number of nitrogens with two attached hydrogens (primary N) is 1. The Balaban J connectivity index is 2.07. The van der Waals surface area contributed by atoms with E-state index in [-0.39, 0.29) is 23.2 Å². The molecule has 0 spiro atoms. The number of ether oxygens (including phenoxy) is 2. The largest absolute Gasteiger partial charge is 0.573 e. The number of rotatable bonds is 3. The quantitative estimate of drug-likeness (QED) is 0.929. The maximum absolute atomic E-state index is 11.9. The van der Waals surface area contributed by atoms with Crippen LogP contribution in [0.2, 0.25) is 0 Å². The molecule has 0 saturated carbocycles. The van der Waals surface area contributed by atoms with Crippen molar-refractivity contribution in [3.05, 3.63) is 36.7 Å². The van der Waals surface area contributed by atoms with Crippen LogP contribution in [-0.2, 0) is 0 Å². The van der Waals surface area contributed by atoms with Crippen molar-refractivity contribution in [2.75, 3.05) is 5.73 Å². The second-order valence-electron chi connectivity index (χ2n) is 3.40. The summed E-state index contributed by atoms with van der Waals surface area (Å²) in [7, 11) is 0. The first-order chi connectivity index (χ1) is 8.92. The SMILES string of the molecule is Nc1cncc(Oc2ccc(OC(F)(F)F)cc2)n1. The highest BCUT2D eigenvalue weighted by molar-refractivity contribution is 5.34. The molecule has 0 aliphatic rings. The Kier molecular flexibility index (Phi) is 3.41. The van der Waals surface area contributed by atoms with E-state index in [2.05, 4.69) is 14.7 Å². The highest BCUT2D eigenvalue weighted by Gasteiger charge is 2.30. The van der Waals surface area contributed by atoms with Crippen molar-refractivity contribution in [3.8, 4) is 17.4 Å². The molecule has 0 saturated heterocycles. The van der Waals surface area contributed by atoms with Gasteiger partial charge in [-0.3, -0.25) is 4.98 Å². The number of nitrogen functional groups attached to an aromatic ring is 1. The summed E-state index contributed by atoms with van der Waals surface area (Å²) in [4.78, 5) is 7.59. The van der Waals surface area contributed by atoms with Gasteiger partial charge in [0.1, 0.15) is 17.3 Å². The van der Waals surface area contributed by atoms with Gasteiger partial charge in [-0.25, -0.2) is 0 Å². The number of benzene rings is 1. The van der Waals surface area contributed by atoms with Crippen LogP contribution in [-0.4, -0.2) is 16.3 Å². The molecule has 0 atom stereocenters. The van der Waals surface area contributed by atoms with Crippen molar-refractivity contribution < 1.29 is 22.6 Å². The summed E-state index contributed by atoms with van der Waals surface area (Å²) in [6.45, 7) is 0. The van der Waals surface area contributed by atoms with Crippen molar-refractivity contribution >= 4 is 5.82 Å². The first-order valence-electron chi connectivity index (χ1n) is 5.03. The van der Waals surface area contributed by atoms with E-state index in [1.54, 1.807) is 0 Å². The summed E-state index contributed by atoms with van der Waals surface area (Å²) in [6, 6.07) is 4.88. The molecule has 0 aliphatic heterocycles. The van der Waals surface area contributed by atoms with Crippen molar-refractivity contribution in [2.45, 2.75) is 6.36 Å². The van der Waals surface area contributed by atoms with Crippen LogP contribution in [0, 0.1) is 0 Å². The second kappa shape index (κ2) is 5.01. The fourth-order valence-corrected chi connectivity index (χ4v) is 1.24. The summed E-state index contributed by atoms with van der Waals surface area (Å²) >= 11 is 0. The van der Waals surface area contributed by atoms with Gasteiger partial charge in [0, 0.05) is 0 Å².